The number of rotatable bonds is 3. The molecule has 1 saturated carbocycles. The zero-order valence-electron chi connectivity index (χ0n) is 12.0. The summed E-state index contributed by atoms with van der Waals surface area (Å²) in [4.78, 5) is 22.3. The average Bonchev–Trinajstić information content (AvgIpc) is 3.19. The molecule has 6 nitrogen and oxygen atoms in total. The summed E-state index contributed by atoms with van der Waals surface area (Å²) in [5.74, 6) is 0.590. The van der Waals surface area contributed by atoms with Crippen LogP contribution in [-0.2, 0) is 6.54 Å². The zero-order chi connectivity index (χ0) is 15.4. The molecule has 4 aromatic heterocycles. The largest absolute Gasteiger partial charge is 0.291 e. The quantitative estimate of drug-likeness (QED) is 0.573. The molecule has 0 N–H and O–H groups in total. The maximum absolute atomic E-state index is 12.7. The van der Waals surface area contributed by atoms with E-state index in [2.05, 4.69) is 20.2 Å². The second-order valence-electron chi connectivity index (χ2n) is 5.62. The van der Waals surface area contributed by atoms with E-state index < -0.39 is 0 Å². The SMILES string of the molecule is O=c1c2sc3ncccc3c2ncn1Cc1nnc(C2CC2)s1. The first-order chi connectivity index (χ1) is 11.3. The van der Waals surface area contributed by atoms with Gasteiger partial charge in [0.2, 0.25) is 0 Å². The lowest BCUT2D eigenvalue weighted by molar-refractivity contribution is 0.734. The van der Waals surface area contributed by atoms with Crippen molar-refractivity contribution in [1.82, 2.24) is 24.7 Å². The maximum atomic E-state index is 12.7. The summed E-state index contributed by atoms with van der Waals surface area (Å²) in [6.07, 6.45) is 5.74. The predicted octanol–water partition coefficient (Wildman–Crippen LogP) is 2.78. The van der Waals surface area contributed by atoms with Gasteiger partial charge in [-0.05, 0) is 25.0 Å². The average molecular weight is 341 g/mol. The minimum Gasteiger partial charge on any atom is -0.291 e. The van der Waals surface area contributed by atoms with E-state index >= 15 is 0 Å². The first-order valence-electron chi connectivity index (χ1n) is 7.34. The molecule has 0 aliphatic heterocycles. The van der Waals surface area contributed by atoms with Gasteiger partial charge in [0.05, 0.1) is 18.4 Å². The lowest BCUT2D eigenvalue weighted by Crippen LogP contribution is -2.20. The molecule has 8 heteroatoms. The normalized spacial score (nSPS) is 14.8. The summed E-state index contributed by atoms with van der Waals surface area (Å²) in [5, 5.41) is 11.3. The molecule has 0 saturated heterocycles. The van der Waals surface area contributed by atoms with Crippen LogP contribution in [0.1, 0.15) is 28.8 Å². The molecule has 1 aliphatic rings. The molecule has 0 amide bonds. The lowest BCUT2D eigenvalue weighted by Gasteiger charge is -2.01. The van der Waals surface area contributed by atoms with Gasteiger partial charge in [-0.25, -0.2) is 9.97 Å². The van der Waals surface area contributed by atoms with Gasteiger partial charge in [-0.15, -0.1) is 21.5 Å². The molecule has 0 bridgehead atoms. The summed E-state index contributed by atoms with van der Waals surface area (Å²) in [6, 6.07) is 3.81. The molecule has 0 unspecified atom stereocenters. The van der Waals surface area contributed by atoms with E-state index in [1.54, 1.807) is 28.4 Å². The fraction of sp³-hybridized carbons (Fsp3) is 0.267. The van der Waals surface area contributed by atoms with Crippen LogP contribution < -0.4 is 5.56 Å². The third-order valence-electron chi connectivity index (χ3n) is 3.94. The minimum atomic E-state index is -0.0406. The Morgan fingerprint density at radius 2 is 2.13 bits per heavy atom. The summed E-state index contributed by atoms with van der Waals surface area (Å²) >= 11 is 2.99. The Morgan fingerprint density at radius 3 is 3.00 bits per heavy atom. The summed E-state index contributed by atoms with van der Waals surface area (Å²) in [7, 11) is 0. The van der Waals surface area contributed by atoms with Gasteiger partial charge in [-0.1, -0.05) is 11.3 Å². The van der Waals surface area contributed by atoms with Crippen LogP contribution in [0.5, 0.6) is 0 Å². The zero-order valence-corrected chi connectivity index (χ0v) is 13.6. The number of hydrogen-bond acceptors (Lipinski definition) is 7. The van der Waals surface area contributed by atoms with Gasteiger partial charge in [-0.2, -0.15) is 0 Å². The van der Waals surface area contributed by atoms with Gasteiger partial charge in [0, 0.05) is 17.5 Å². The Balaban J connectivity index is 1.59. The summed E-state index contributed by atoms with van der Waals surface area (Å²) in [5.41, 5.74) is 0.691. The van der Waals surface area contributed by atoms with Crippen LogP contribution in [0.2, 0.25) is 0 Å². The molecule has 23 heavy (non-hydrogen) atoms. The molecule has 1 aliphatic carbocycles. The minimum absolute atomic E-state index is 0.0406. The van der Waals surface area contributed by atoms with Crippen molar-refractivity contribution in [3.63, 3.8) is 0 Å². The van der Waals surface area contributed by atoms with E-state index in [1.807, 2.05) is 12.1 Å². The number of hydrogen-bond donors (Lipinski definition) is 0. The van der Waals surface area contributed by atoms with Gasteiger partial charge in [0.15, 0.2) is 0 Å². The third-order valence-corrected chi connectivity index (χ3v) is 6.10. The van der Waals surface area contributed by atoms with Crippen molar-refractivity contribution in [2.45, 2.75) is 25.3 Å². The topological polar surface area (TPSA) is 73.6 Å². The van der Waals surface area contributed by atoms with Crippen LogP contribution >= 0.6 is 22.7 Å². The smallest absolute Gasteiger partial charge is 0.271 e. The molecule has 1 fully saturated rings. The highest BCUT2D eigenvalue weighted by Crippen LogP contribution is 2.41. The highest BCUT2D eigenvalue weighted by atomic mass is 32.1. The van der Waals surface area contributed by atoms with E-state index in [-0.39, 0.29) is 5.56 Å². The van der Waals surface area contributed by atoms with Crippen molar-refractivity contribution in [2.24, 2.45) is 0 Å². The second kappa shape index (κ2) is 4.90. The number of nitrogens with zero attached hydrogens (tertiary/aromatic N) is 5. The van der Waals surface area contributed by atoms with Crippen LogP contribution in [0.3, 0.4) is 0 Å². The second-order valence-corrected chi connectivity index (χ2v) is 7.71. The highest BCUT2D eigenvalue weighted by molar-refractivity contribution is 7.25. The number of fused-ring (bicyclic) bond motifs is 3. The van der Waals surface area contributed by atoms with E-state index in [0.717, 1.165) is 25.7 Å². The van der Waals surface area contributed by atoms with Crippen LogP contribution in [0, 0.1) is 0 Å². The van der Waals surface area contributed by atoms with E-state index in [4.69, 9.17) is 0 Å². The number of pyridine rings is 1. The van der Waals surface area contributed by atoms with Crippen LogP contribution in [0.4, 0.5) is 0 Å². The van der Waals surface area contributed by atoms with Crippen molar-refractivity contribution in [2.75, 3.05) is 0 Å². The molecule has 0 radical (unpaired) electrons. The molecular weight excluding hydrogens is 330 g/mol. The lowest BCUT2D eigenvalue weighted by atomic mass is 10.3. The fourth-order valence-corrected chi connectivity index (χ4v) is 4.64. The maximum Gasteiger partial charge on any atom is 0.271 e. The Bertz CT molecular complexity index is 1090. The molecule has 4 heterocycles. The summed E-state index contributed by atoms with van der Waals surface area (Å²) < 4.78 is 2.25. The molecule has 0 atom stereocenters. The number of aromatic nitrogens is 5. The Hall–Kier alpha value is -2.19. The summed E-state index contributed by atoms with van der Waals surface area (Å²) in [6.45, 7) is 0.424. The Labute approximate surface area is 138 Å². The van der Waals surface area contributed by atoms with Crippen molar-refractivity contribution < 1.29 is 0 Å². The first kappa shape index (κ1) is 13.3. The van der Waals surface area contributed by atoms with E-state index in [9.17, 15) is 4.79 Å². The van der Waals surface area contributed by atoms with Crippen molar-refractivity contribution in [1.29, 1.82) is 0 Å². The van der Waals surface area contributed by atoms with E-state index in [1.165, 1.54) is 24.2 Å². The highest BCUT2D eigenvalue weighted by Gasteiger charge is 2.27. The Kier molecular flexibility index (Phi) is 2.83. The third kappa shape index (κ3) is 2.17. The predicted molar refractivity (Wildman–Crippen MR) is 90.2 cm³/mol. The van der Waals surface area contributed by atoms with Crippen molar-refractivity contribution >= 4 is 43.1 Å². The molecular formula is C15H11N5OS2. The molecule has 0 spiro atoms. The first-order valence-corrected chi connectivity index (χ1v) is 8.98. The van der Waals surface area contributed by atoms with Gasteiger partial charge in [0.25, 0.3) is 5.56 Å². The van der Waals surface area contributed by atoms with Gasteiger partial charge in [-0.3, -0.25) is 9.36 Å². The standard InChI is InChI=1S/C15H11N5OS2/c21-15-12-11(9-2-1-5-16-14(9)23-12)17-7-20(15)6-10-18-19-13(22-10)8-3-4-8/h1-2,5,7-8H,3-4,6H2. The fourth-order valence-electron chi connectivity index (χ4n) is 2.59. The molecule has 0 aromatic carbocycles. The van der Waals surface area contributed by atoms with Gasteiger partial charge >= 0.3 is 0 Å². The van der Waals surface area contributed by atoms with Gasteiger partial charge in [0.1, 0.15) is 19.5 Å². The van der Waals surface area contributed by atoms with Crippen LogP contribution in [0.25, 0.3) is 20.4 Å². The number of thiophene rings is 1. The van der Waals surface area contributed by atoms with Crippen molar-refractivity contribution in [3.05, 3.63) is 45.0 Å². The monoisotopic (exact) mass is 341 g/mol. The van der Waals surface area contributed by atoms with Crippen molar-refractivity contribution in [3.8, 4) is 0 Å². The van der Waals surface area contributed by atoms with Gasteiger partial charge < -0.3 is 0 Å². The molecule has 5 rings (SSSR count). The van der Waals surface area contributed by atoms with Crippen LogP contribution in [-0.4, -0.2) is 24.7 Å². The van der Waals surface area contributed by atoms with E-state index in [0.29, 0.717) is 17.2 Å². The Morgan fingerprint density at radius 1 is 1.22 bits per heavy atom. The molecule has 114 valence electrons. The van der Waals surface area contributed by atoms with Crippen LogP contribution in [0.15, 0.2) is 29.5 Å². The molecule has 4 aromatic rings.